The highest BCUT2D eigenvalue weighted by Gasteiger charge is 2.57. The molecule has 0 radical (unpaired) electrons. The molecule has 0 saturated carbocycles. The molecule has 0 N–H and O–H groups in total. The van der Waals surface area contributed by atoms with E-state index in [1.807, 2.05) is 30.4 Å². The summed E-state index contributed by atoms with van der Waals surface area (Å²) in [5.41, 5.74) is 0.0498. The molecule has 0 saturated heterocycles. The summed E-state index contributed by atoms with van der Waals surface area (Å²) in [6.07, 6.45) is 8.25. The van der Waals surface area contributed by atoms with Gasteiger partial charge in [-0.05, 0) is 12.1 Å². The van der Waals surface area contributed by atoms with Gasteiger partial charge in [-0.2, -0.15) is 0 Å². The molecule has 22 heavy (non-hydrogen) atoms. The zero-order chi connectivity index (χ0) is 15.1. The van der Waals surface area contributed by atoms with Crippen molar-refractivity contribution in [3.05, 3.63) is 75.6 Å². The molecule has 2 aromatic rings. The Labute approximate surface area is 133 Å². The zero-order valence-electron chi connectivity index (χ0n) is 11.5. The summed E-state index contributed by atoms with van der Waals surface area (Å²) in [4.78, 5) is 25.7. The molecule has 4 atom stereocenters. The summed E-state index contributed by atoms with van der Waals surface area (Å²) in [7, 11) is 0. The van der Waals surface area contributed by atoms with E-state index in [9.17, 15) is 9.59 Å². The average molecular weight is 358 g/mol. The number of aromatic nitrogens is 3. The van der Waals surface area contributed by atoms with Crippen LogP contribution in [0.1, 0.15) is 12.1 Å². The maximum atomic E-state index is 12.9. The highest BCUT2D eigenvalue weighted by molar-refractivity contribution is 9.10. The van der Waals surface area contributed by atoms with Gasteiger partial charge in [-0.15, -0.1) is 0 Å². The Bertz CT molecular complexity index is 966. The van der Waals surface area contributed by atoms with E-state index in [2.05, 4.69) is 28.1 Å². The molecule has 1 aromatic heterocycles. The van der Waals surface area contributed by atoms with Crippen molar-refractivity contribution >= 4 is 15.9 Å². The second-order valence-electron chi connectivity index (χ2n) is 5.96. The predicted molar refractivity (Wildman–Crippen MR) is 85.8 cm³/mol. The van der Waals surface area contributed by atoms with Crippen molar-refractivity contribution in [2.24, 2.45) is 5.92 Å². The summed E-state index contributed by atoms with van der Waals surface area (Å²) in [5, 5.41) is 0. The van der Waals surface area contributed by atoms with Gasteiger partial charge in [0.25, 0.3) is 0 Å². The van der Waals surface area contributed by atoms with Gasteiger partial charge in [0, 0.05) is 5.92 Å². The van der Waals surface area contributed by atoms with Crippen LogP contribution in [-0.4, -0.2) is 18.3 Å². The van der Waals surface area contributed by atoms with Crippen molar-refractivity contribution < 1.29 is 0 Å². The second kappa shape index (κ2) is 3.81. The highest BCUT2D eigenvalue weighted by atomic mass is 79.9. The first kappa shape index (κ1) is 12.5. The van der Waals surface area contributed by atoms with Crippen LogP contribution in [0.2, 0.25) is 0 Å². The van der Waals surface area contributed by atoms with Crippen molar-refractivity contribution in [2.75, 3.05) is 0 Å². The lowest BCUT2D eigenvalue weighted by atomic mass is 9.68. The fourth-order valence-electron chi connectivity index (χ4n) is 3.84. The zero-order valence-corrected chi connectivity index (χ0v) is 13.1. The van der Waals surface area contributed by atoms with Crippen LogP contribution in [0.4, 0.5) is 0 Å². The topological polar surface area (TPSA) is 48.9 Å². The first-order valence-corrected chi connectivity index (χ1v) is 8.00. The Balaban J connectivity index is 1.84. The quantitative estimate of drug-likeness (QED) is 0.577. The van der Waals surface area contributed by atoms with E-state index in [1.165, 1.54) is 4.57 Å². The normalized spacial score (nSPS) is 33.4. The van der Waals surface area contributed by atoms with Gasteiger partial charge >= 0.3 is 11.4 Å². The van der Waals surface area contributed by atoms with E-state index in [0.29, 0.717) is 5.69 Å². The standard InChI is InChI=1S/C16H12BrN3O2/c17-16-9-8-11(16)12-6-7-13(16)20-15(22)18(14(21)19(12)20)10-4-2-1-3-5-10/h1-9,11-13H/t11-,12+,13-,16-/m1/s1. The van der Waals surface area contributed by atoms with Gasteiger partial charge in [-0.3, -0.25) is 0 Å². The van der Waals surface area contributed by atoms with Gasteiger partial charge in [-0.25, -0.2) is 23.5 Å². The monoisotopic (exact) mass is 357 g/mol. The van der Waals surface area contributed by atoms with Crippen LogP contribution >= 0.6 is 15.9 Å². The molecule has 0 fully saturated rings. The third kappa shape index (κ3) is 1.22. The lowest BCUT2D eigenvalue weighted by Crippen LogP contribution is -2.58. The van der Waals surface area contributed by atoms with Crippen LogP contribution in [0, 0.1) is 5.92 Å². The second-order valence-corrected chi connectivity index (χ2v) is 7.33. The van der Waals surface area contributed by atoms with Crippen LogP contribution in [0.15, 0.2) is 64.2 Å². The molecule has 6 rings (SSSR count). The van der Waals surface area contributed by atoms with Gasteiger partial charge < -0.3 is 0 Å². The summed E-state index contributed by atoms with van der Waals surface area (Å²) in [6.45, 7) is 0. The predicted octanol–water partition coefficient (Wildman–Crippen LogP) is 1.79. The number of para-hydroxylation sites is 1. The number of hydrogen-bond acceptors (Lipinski definition) is 2. The number of rotatable bonds is 1. The maximum Gasteiger partial charge on any atom is 0.352 e. The lowest BCUT2D eigenvalue weighted by molar-refractivity contribution is 0.166. The summed E-state index contributed by atoms with van der Waals surface area (Å²) >= 11 is 3.77. The van der Waals surface area contributed by atoms with Gasteiger partial charge in [0.15, 0.2) is 0 Å². The van der Waals surface area contributed by atoms with Crippen molar-refractivity contribution in [1.82, 2.24) is 13.9 Å². The number of allylic oxidation sites excluding steroid dienone is 4. The number of benzene rings is 1. The minimum atomic E-state index is -0.284. The maximum absolute atomic E-state index is 12.9. The smallest absolute Gasteiger partial charge is 0.245 e. The molecule has 0 amide bonds. The van der Waals surface area contributed by atoms with Crippen molar-refractivity contribution in [3.63, 3.8) is 0 Å². The number of alkyl halides is 1. The van der Waals surface area contributed by atoms with E-state index in [4.69, 9.17) is 0 Å². The van der Waals surface area contributed by atoms with Crippen LogP contribution in [0.25, 0.3) is 5.69 Å². The van der Waals surface area contributed by atoms with Gasteiger partial charge in [0.1, 0.15) is 0 Å². The summed E-state index contributed by atoms with van der Waals surface area (Å²) < 4.78 is 4.21. The summed E-state index contributed by atoms with van der Waals surface area (Å²) in [5.74, 6) is 0.214. The van der Waals surface area contributed by atoms with Crippen molar-refractivity contribution in [1.29, 1.82) is 0 Å². The molecule has 5 nitrogen and oxygen atoms in total. The third-order valence-electron chi connectivity index (χ3n) is 4.95. The molecular formula is C16H12BrN3O2. The minimum Gasteiger partial charge on any atom is -0.245 e. The van der Waals surface area contributed by atoms with E-state index in [0.717, 1.165) is 0 Å². The fraction of sp³-hybridized carbons (Fsp3) is 0.250. The summed E-state index contributed by atoms with van der Waals surface area (Å²) in [6, 6.07) is 8.80. The molecule has 2 bridgehead atoms. The van der Waals surface area contributed by atoms with Crippen molar-refractivity contribution in [2.45, 2.75) is 16.4 Å². The lowest BCUT2D eigenvalue weighted by Gasteiger charge is -2.53. The van der Waals surface area contributed by atoms with Crippen molar-refractivity contribution in [3.8, 4) is 5.69 Å². The molecule has 3 heterocycles. The number of nitrogens with zero attached hydrogens (tertiary/aromatic N) is 3. The SMILES string of the molecule is O=c1n(-c2ccccc2)c(=O)n2n1[C@H]1C=C[C@@H]2[C@@]2(Br)C=C[C@H]12. The third-order valence-corrected chi connectivity index (χ3v) is 6.21. The first-order valence-electron chi connectivity index (χ1n) is 7.21. The Morgan fingerprint density at radius 3 is 2.36 bits per heavy atom. The molecule has 2 aliphatic carbocycles. The molecular weight excluding hydrogens is 346 g/mol. The van der Waals surface area contributed by atoms with E-state index >= 15 is 0 Å². The van der Waals surface area contributed by atoms with E-state index in [1.54, 1.807) is 21.5 Å². The molecule has 2 aliphatic heterocycles. The largest absolute Gasteiger partial charge is 0.352 e. The van der Waals surface area contributed by atoms with Crippen LogP contribution in [-0.2, 0) is 0 Å². The van der Waals surface area contributed by atoms with Gasteiger partial charge in [-0.1, -0.05) is 58.4 Å². The molecule has 0 spiro atoms. The van der Waals surface area contributed by atoms with E-state index < -0.39 is 0 Å². The number of hydrogen-bond donors (Lipinski definition) is 0. The molecule has 6 heteroatoms. The fourth-order valence-corrected chi connectivity index (χ4v) is 4.77. The Morgan fingerprint density at radius 1 is 0.955 bits per heavy atom. The molecule has 1 aromatic carbocycles. The van der Waals surface area contributed by atoms with Gasteiger partial charge in [0.2, 0.25) is 0 Å². The van der Waals surface area contributed by atoms with Crippen LogP contribution in [0.5, 0.6) is 0 Å². The molecule has 4 aliphatic rings. The first-order chi connectivity index (χ1) is 10.6. The van der Waals surface area contributed by atoms with Crippen LogP contribution in [0.3, 0.4) is 0 Å². The Morgan fingerprint density at radius 2 is 1.68 bits per heavy atom. The molecule has 110 valence electrons. The highest BCUT2D eigenvalue weighted by Crippen LogP contribution is 2.57. The Kier molecular flexibility index (Phi) is 2.16. The van der Waals surface area contributed by atoms with Crippen LogP contribution < -0.4 is 11.4 Å². The Hall–Kier alpha value is -2.08. The minimum absolute atomic E-state index is 0.112. The molecule has 0 unspecified atom stereocenters. The number of halogens is 1. The van der Waals surface area contributed by atoms with Gasteiger partial charge in [0.05, 0.1) is 22.1 Å². The average Bonchev–Trinajstić information content (AvgIpc) is 2.78. The van der Waals surface area contributed by atoms with E-state index in [-0.39, 0.29) is 33.7 Å².